The largest absolute Gasteiger partial charge is 0.383 e. The fraction of sp³-hybridized carbons (Fsp3) is 0.412. The molecule has 0 bridgehead atoms. The maximum Gasteiger partial charge on any atom is 0.306 e. The first-order chi connectivity index (χ1) is 11.8. The van der Waals surface area contributed by atoms with Gasteiger partial charge in [-0.15, -0.1) is 0 Å². The highest BCUT2D eigenvalue weighted by Crippen LogP contribution is 2.37. The van der Waals surface area contributed by atoms with Gasteiger partial charge in [-0.1, -0.05) is 54.9 Å². The van der Waals surface area contributed by atoms with Crippen LogP contribution in [0.15, 0.2) is 23.0 Å². The van der Waals surface area contributed by atoms with Crippen molar-refractivity contribution in [3.05, 3.63) is 38.6 Å². The van der Waals surface area contributed by atoms with Crippen molar-refractivity contribution >= 4 is 46.0 Å². The number of nitrogens with two attached hydrogens (primary N) is 1. The van der Waals surface area contributed by atoms with Crippen molar-refractivity contribution in [2.75, 3.05) is 11.5 Å². The maximum absolute atomic E-state index is 13.1. The van der Waals surface area contributed by atoms with Crippen molar-refractivity contribution in [3.63, 3.8) is 0 Å². The number of carbonyl (C=O) groups is 1. The van der Waals surface area contributed by atoms with Gasteiger partial charge in [-0.25, -0.2) is 4.68 Å². The molecule has 2 aromatic rings. The Morgan fingerprint density at radius 2 is 1.84 bits per heavy atom. The summed E-state index contributed by atoms with van der Waals surface area (Å²) in [6.45, 7) is 5.79. The van der Waals surface area contributed by atoms with Crippen molar-refractivity contribution in [3.8, 4) is 11.1 Å². The standard InChI is InChI=1S/C17H21Cl2N3O2S/c1-4-9-25-17(24)22-15(20)14(16(23)21(22)10(3)5-2)13-11(18)7-6-8-12(13)19/h6-8,10H,4-5,9,20H2,1-3H3. The Bertz CT molecular complexity index is 825. The Morgan fingerprint density at radius 3 is 2.36 bits per heavy atom. The molecule has 0 saturated carbocycles. The molecule has 25 heavy (non-hydrogen) atoms. The molecule has 1 aromatic heterocycles. The van der Waals surface area contributed by atoms with Crippen molar-refractivity contribution in [2.24, 2.45) is 0 Å². The van der Waals surface area contributed by atoms with Crippen molar-refractivity contribution < 1.29 is 4.79 Å². The van der Waals surface area contributed by atoms with E-state index in [0.29, 0.717) is 27.8 Å². The Morgan fingerprint density at radius 1 is 1.24 bits per heavy atom. The number of nitrogen functional groups attached to an aromatic ring is 1. The molecule has 0 fully saturated rings. The molecule has 2 N–H and O–H groups in total. The molecule has 0 amide bonds. The summed E-state index contributed by atoms with van der Waals surface area (Å²) >= 11 is 13.6. The summed E-state index contributed by atoms with van der Waals surface area (Å²) in [7, 11) is 0. The summed E-state index contributed by atoms with van der Waals surface area (Å²) in [5, 5.41) is 0.350. The molecular weight excluding hydrogens is 381 g/mol. The lowest BCUT2D eigenvalue weighted by Gasteiger charge is -2.16. The molecule has 8 heteroatoms. The van der Waals surface area contributed by atoms with E-state index in [1.807, 2.05) is 20.8 Å². The number of nitrogens with zero attached hydrogens (tertiary/aromatic N) is 2. The topological polar surface area (TPSA) is 70.0 Å². The number of hydrogen-bond donors (Lipinski definition) is 1. The number of carbonyl (C=O) groups excluding carboxylic acids is 1. The molecule has 0 aliphatic rings. The van der Waals surface area contributed by atoms with Crippen LogP contribution in [0.25, 0.3) is 11.1 Å². The van der Waals surface area contributed by atoms with Crippen LogP contribution in [0, 0.1) is 0 Å². The van der Waals surface area contributed by atoms with E-state index >= 15 is 0 Å². The molecule has 0 aliphatic heterocycles. The van der Waals surface area contributed by atoms with E-state index in [0.717, 1.165) is 18.2 Å². The monoisotopic (exact) mass is 401 g/mol. The van der Waals surface area contributed by atoms with E-state index in [2.05, 4.69) is 0 Å². The second-order valence-corrected chi connectivity index (χ2v) is 7.55. The normalized spacial score (nSPS) is 12.4. The summed E-state index contributed by atoms with van der Waals surface area (Å²) in [6.07, 6.45) is 1.51. The number of hydrogen-bond acceptors (Lipinski definition) is 4. The van der Waals surface area contributed by atoms with Crippen molar-refractivity contribution in [1.82, 2.24) is 9.36 Å². The third-order valence-electron chi connectivity index (χ3n) is 3.95. The number of rotatable bonds is 5. The highest BCUT2D eigenvalue weighted by atomic mass is 35.5. The van der Waals surface area contributed by atoms with Crippen LogP contribution < -0.4 is 11.3 Å². The van der Waals surface area contributed by atoms with Gasteiger partial charge in [0.25, 0.3) is 5.56 Å². The fourth-order valence-corrected chi connectivity index (χ4v) is 3.79. The molecule has 1 atom stereocenters. The van der Waals surface area contributed by atoms with E-state index in [9.17, 15) is 9.59 Å². The van der Waals surface area contributed by atoms with Crippen LogP contribution >= 0.6 is 35.0 Å². The van der Waals surface area contributed by atoms with Gasteiger partial charge in [0.05, 0.1) is 21.7 Å². The van der Waals surface area contributed by atoms with Crippen LogP contribution in [0.3, 0.4) is 0 Å². The van der Waals surface area contributed by atoms with Gasteiger partial charge < -0.3 is 5.73 Å². The minimum atomic E-state index is -0.368. The van der Waals surface area contributed by atoms with Gasteiger partial charge in [-0.3, -0.25) is 9.59 Å². The Balaban J connectivity index is 2.78. The third kappa shape index (κ3) is 3.76. The van der Waals surface area contributed by atoms with Crippen LogP contribution in [-0.4, -0.2) is 20.4 Å². The average Bonchev–Trinajstić information content (AvgIpc) is 2.83. The summed E-state index contributed by atoms with van der Waals surface area (Å²) in [6, 6.07) is 4.77. The quantitative estimate of drug-likeness (QED) is 0.738. The lowest BCUT2D eigenvalue weighted by atomic mass is 10.1. The second kappa shape index (κ2) is 8.34. The summed E-state index contributed by atoms with van der Waals surface area (Å²) < 4.78 is 2.65. The number of benzene rings is 1. The SMILES string of the molecule is CCCSC(=O)n1c(N)c(-c2c(Cl)cccc2Cl)c(=O)n1C(C)CC. The lowest BCUT2D eigenvalue weighted by Crippen LogP contribution is -2.29. The highest BCUT2D eigenvalue weighted by molar-refractivity contribution is 8.13. The van der Waals surface area contributed by atoms with Gasteiger partial charge >= 0.3 is 5.24 Å². The molecule has 1 aromatic carbocycles. The van der Waals surface area contributed by atoms with Crippen molar-refractivity contribution in [2.45, 2.75) is 39.7 Å². The Hall–Kier alpha value is -1.37. The van der Waals surface area contributed by atoms with Gasteiger partial charge in [0.1, 0.15) is 5.82 Å². The second-order valence-electron chi connectivity index (χ2n) is 5.69. The maximum atomic E-state index is 13.1. The zero-order valence-corrected chi connectivity index (χ0v) is 16.7. The predicted molar refractivity (Wildman–Crippen MR) is 107 cm³/mol. The predicted octanol–water partition coefficient (Wildman–Crippen LogP) is 5.29. The van der Waals surface area contributed by atoms with Gasteiger partial charge in [-0.2, -0.15) is 4.68 Å². The molecule has 0 spiro atoms. The van der Waals surface area contributed by atoms with Gasteiger partial charge in [-0.05, 0) is 31.9 Å². The van der Waals surface area contributed by atoms with Crippen LogP contribution in [0.5, 0.6) is 0 Å². The number of halogens is 2. The number of aromatic nitrogens is 2. The van der Waals surface area contributed by atoms with E-state index in [4.69, 9.17) is 28.9 Å². The first-order valence-corrected chi connectivity index (χ1v) is 9.83. The summed E-state index contributed by atoms with van der Waals surface area (Å²) in [4.78, 5) is 25.7. The van der Waals surface area contributed by atoms with E-state index < -0.39 is 0 Å². The van der Waals surface area contributed by atoms with E-state index in [1.54, 1.807) is 18.2 Å². The molecule has 5 nitrogen and oxygen atoms in total. The van der Waals surface area contributed by atoms with Crippen LogP contribution in [0.4, 0.5) is 10.6 Å². The minimum Gasteiger partial charge on any atom is -0.383 e. The summed E-state index contributed by atoms with van der Waals surface area (Å²) in [5.41, 5.74) is 6.39. The zero-order valence-electron chi connectivity index (χ0n) is 14.4. The molecule has 0 aliphatic carbocycles. The molecule has 1 heterocycles. The van der Waals surface area contributed by atoms with Crippen LogP contribution in [0.1, 0.15) is 39.7 Å². The third-order valence-corrected chi connectivity index (χ3v) is 5.61. The fourth-order valence-electron chi connectivity index (χ4n) is 2.52. The molecule has 0 radical (unpaired) electrons. The van der Waals surface area contributed by atoms with Crippen LogP contribution in [-0.2, 0) is 0 Å². The molecule has 0 saturated heterocycles. The Kier molecular flexibility index (Phi) is 6.65. The average molecular weight is 402 g/mol. The first-order valence-electron chi connectivity index (χ1n) is 8.09. The molecule has 1 unspecified atom stereocenters. The number of anilines is 1. The molecular formula is C17H21Cl2N3O2S. The highest BCUT2D eigenvalue weighted by Gasteiger charge is 2.28. The summed E-state index contributed by atoms with van der Waals surface area (Å²) in [5.74, 6) is 0.710. The van der Waals surface area contributed by atoms with E-state index in [-0.39, 0.29) is 28.2 Å². The zero-order chi connectivity index (χ0) is 18.7. The van der Waals surface area contributed by atoms with E-state index in [1.165, 1.54) is 9.36 Å². The van der Waals surface area contributed by atoms with Crippen molar-refractivity contribution in [1.29, 1.82) is 0 Å². The lowest BCUT2D eigenvalue weighted by molar-refractivity contribution is 0.253. The van der Waals surface area contributed by atoms with Gasteiger partial charge in [0.15, 0.2) is 0 Å². The van der Waals surface area contributed by atoms with Gasteiger partial charge in [0, 0.05) is 11.3 Å². The minimum absolute atomic E-state index is 0.0638. The molecule has 2 rings (SSSR count). The Labute approximate surface area is 161 Å². The molecule has 136 valence electrons. The number of thioether (sulfide) groups is 1. The smallest absolute Gasteiger partial charge is 0.306 e. The first kappa shape index (κ1) is 19.9. The van der Waals surface area contributed by atoms with Crippen LogP contribution in [0.2, 0.25) is 10.0 Å². The van der Waals surface area contributed by atoms with Gasteiger partial charge in [0.2, 0.25) is 0 Å².